The zero-order valence-electron chi connectivity index (χ0n) is 9.91. The second kappa shape index (κ2) is 11.5. The van der Waals surface area contributed by atoms with Crippen molar-refractivity contribution in [2.75, 3.05) is 6.61 Å². The maximum absolute atomic E-state index is 8.78. The maximum atomic E-state index is 8.78. The molecule has 0 aromatic rings. The van der Waals surface area contributed by atoms with Crippen LogP contribution in [0.3, 0.4) is 0 Å². The van der Waals surface area contributed by atoms with Crippen LogP contribution in [0.15, 0.2) is 5.16 Å². The van der Waals surface area contributed by atoms with Crippen LogP contribution in [0.1, 0.15) is 64.7 Å². The average Bonchev–Trinajstić information content (AvgIpc) is 2.27. The van der Waals surface area contributed by atoms with Gasteiger partial charge in [-0.3, -0.25) is 0 Å². The first-order valence-corrected chi connectivity index (χ1v) is 6.15. The Morgan fingerprint density at radius 3 is 2.00 bits per heavy atom. The molecule has 0 atom stereocenters. The van der Waals surface area contributed by atoms with E-state index in [0.29, 0.717) is 0 Å². The highest BCUT2D eigenvalue weighted by Crippen LogP contribution is 2.08. The van der Waals surface area contributed by atoms with Crippen LogP contribution in [0.5, 0.6) is 0 Å². The number of unbranched alkanes of at least 4 members (excludes halogenated alkanes) is 5. The summed E-state index contributed by atoms with van der Waals surface area (Å²) < 4.78 is 0. The van der Waals surface area contributed by atoms with Crippen LogP contribution in [-0.2, 0) is 0 Å². The molecule has 0 amide bonds. The second-order valence-electron chi connectivity index (χ2n) is 4.01. The molecule has 0 spiro atoms. The zero-order valence-corrected chi connectivity index (χ0v) is 9.91. The fraction of sp³-hybridized carbons (Fsp3) is 0.917. The van der Waals surface area contributed by atoms with E-state index in [4.69, 9.17) is 10.3 Å². The van der Waals surface area contributed by atoms with Crippen molar-refractivity contribution in [3.05, 3.63) is 0 Å². The van der Waals surface area contributed by atoms with Gasteiger partial charge in [0.1, 0.15) is 0 Å². The van der Waals surface area contributed by atoms with Gasteiger partial charge in [-0.15, -0.1) is 0 Å². The van der Waals surface area contributed by atoms with Gasteiger partial charge >= 0.3 is 0 Å². The van der Waals surface area contributed by atoms with E-state index in [1.54, 1.807) is 0 Å². The van der Waals surface area contributed by atoms with Gasteiger partial charge in [0.2, 0.25) is 0 Å². The lowest BCUT2D eigenvalue weighted by molar-refractivity contribution is 0.283. The molecule has 0 saturated carbocycles. The van der Waals surface area contributed by atoms with Crippen LogP contribution < -0.4 is 0 Å². The summed E-state index contributed by atoms with van der Waals surface area (Å²) >= 11 is 0. The lowest BCUT2D eigenvalue weighted by Gasteiger charge is -2.03. The molecule has 2 N–H and O–H groups in total. The highest BCUT2D eigenvalue weighted by molar-refractivity contribution is 5.83. The van der Waals surface area contributed by atoms with Crippen LogP contribution in [-0.4, -0.2) is 22.6 Å². The number of aliphatic hydroxyl groups is 1. The number of hydrogen-bond donors (Lipinski definition) is 2. The Hall–Kier alpha value is -0.570. The van der Waals surface area contributed by atoms with Crippen molar-refractivity contribution in [1.29, 1.82) is 0 Å². The minimum Gasteiger partial charge on any atom is -0.411 e. The summed E-state index contributed by atoms with van der Waals surface area (Å²) in [6.07, 6.45) is 9.57. The first-order chi connectivity index (χ1) is 7.35. The molecule has 0 aliphatic rings. The molecule has 0 rings (SSSR count). The van der Waals surface area contributed by atoms with Gasteiger partial charge in [-0.05, 0) is 32.1 Å². The highest BCUT2D eigenvalue weighted by atomic mass is 16.4. The van der Waals surface area contributed by atoms with E-state index in [9.17, 15) is 0 Å². The number of hydrogen-bond acceptors (Lipinski definition) is 3. The third kappa shape index (κ3) is 9.73. The summed E-state index contributed by atoms with van der Waals surface area (Å²) in [4.78, 5) is 0. The topological polar surface area (TPSA) is 52.8 Å². The van der Waals surface area contributed by atoms with Crippen molar-refractivity contribution in [3.63, 3.8) is 0 Å². The summed E-state index contributed by atoms with van der Waals surface area (Å²) in [7, 11) is 0. The predicted octanol–water partition coefficient (Wildman–Crippen LogP) is 3.34. The van der Waals surface area contributed by atoms with Crippen LogP contribution in [0.2, 0.25) is 0 Å². The fourth-order valence-corrected chi connectivity index (χ4v) is 1.60. The van der Waals surface area contributed by atoms with E-state index in [-0.39, 0.29) is 6.61 Å². The smallest absolute Gasteiger partial charge is 0.0570 e. The molecule has 0 aromatic heterocycles. The first-order valence-electron chi connectivity index (χ1n) is 6.15. The lowest BCUT2D eigenvalue weighted by atomic mass is 10.0. The largest absolute Gasteiger partial charge is 0.411 e. The predicted molar refractivity (Wildman–Crippen MR) is 63.5 cm³/mol. The molecule has 0 unspecified atom stereocenters. The lowest BCUT2D eigenvalue weighted by Crippen LogP contribution is -1.99. The van der Waals surface area contributed by atoms with Crippen molar-refractivity contribution in [2.45, 2.75) is 64.7 Å². The normalized spacial score (nSPS) is 12.0. The zero-order chi connectivity index (χ0) is 11.4. The third-order valence-electron chi connectivity index (χ3n) is 2.58. The Labute approximate surface area is 93.2 Å². The van der Waals surface area contributed by atoms with E-state index in [1.807, 2.05) is 0 Å². The Kier molecular flexibility index (Phi) is 11.1. The molecule has 0 heterocycles. The monoisotopic (exact) mass is 215 g/mol. The van der Waals surface area contributed by atoms with Gasteiger partial charge in [-0.25, -0.2) is 0 Å². The average molecular weight is 215 g/mol. The molecule has 0 bridgehead atoms. The Morgan fingerprint density at radius 2 is 1.53 bits per heavy atom. The highest BCUT2D eigenvalue weighted by Gasteiger charge is 2.00. The maximum Gasteiger partial charge on any atom is 0.0570 e. The molecule has 0 fully saturated rings. The van der Waals surface area contributed by atoms with Gasteiger partial charge in [-0.2, -0.15) is 0 Å². The molecule has 3 heteroatoms. The molecule has 0 radical (unpaired) electrons. The molecule has 0 aliphatic carbocycles. The molecular weight excluding hydrogens is 190 g/mol. The summed E-state index contributed by atoms with van der Waals surface area (Å²) in [5.74, 6) is 0. The number of aliphatic hydroxyl groups excluding tert-OH is 1. The molecule has 0 saturated heterocycles. The summed E-state index contributed by atoms with van der Waals surface area (Å²) in [6, 6.07) is 0. The Bertz CT molecular complexity index is 144. The fourth-order valence-electron chi connectivity index (χ4n) is 1.60. The van der Waals surface area contributed by atoms with Crippen molar-refractivity contribution in [3.8, 4) is 0 Å². The van der Waals surface area contributed by atoms with E-state index in [1.165, 1.54) is 19.3 Å². The molecule has 15 heavy (non-hydrogen) atoms. The molecule has 3 nitrogen and oxygen atoms in total. The van der Waals surface area contributed by atoms with Gasteiger partial charge < -0.3 is 10.3 Å². The number of rotatable bonds is 10. The molecular formula is C12H25NO2. The molecule has 90 valence electrons. The van der Waals surface area contributed by atoms with E-state index in [2.05, 4.69) is 12.1 Å². The number of oxime groups is 1. The quantitative estimate of drug-likeness (QED) is 0.254. The minimum absolute atomic E-state index is 0.266. The third-order valence-corrected chi connectivity index (χ3v) is 2.58. The Morgan fingerprint density at radius 1 is 0.933 bits per heavy atom. The van der Waals surface area contributed by atoms with Crippen LogP contribution in [0, 0.1) is 0 Å². The van der Waals surface area contributed by atoms with Crippen LogP contribution in [0.4, 0.5) is 0 Å². The van der Waals surface area contributed by atoms with Crippen molar-refractivity contribution in [1.82, 2.24) is 0 Å². The SMILES string of the molecule is CCCCCCC(CCCCCO)=NO. The van der Waals surface area contributed by atoms with Gasteiger partial charge in [0.25, 0.3) is 0 Å². The van der Waals surface area contributed by atoms with Crippen molar-refractivity contribution in [2.24, 2.45) is 5.16 Å². The van der Waals surface area contributed by atoms with E-state index in [0.717, 1.165) is 44.2 Å². The second-order valence-corrected chi connectivity index (χ2v) is 4.01. The van der Waals surface area contributed by atoms with Gasteiger partial charge in [0, 0.05) is 6.61 Å². The van der Waals surface area contributed by atoms with Crippen molar-refractivity contribution < 1.29 is 10.3 Å². The minimum atomic E-state index is 0.266. The van der Waals surface area contributed by atoms with Gasteiger partial charge in [-0.1, -0.05) is 37.8 Å². The van der Waals surface area contributed by atoms with Crippen molar-refractivity contribution >= 4 is 5.71 Å². The molecule has 0 aromatic carbocycles. The summed E-state index contributed by atoms with van der Waals surface area (Å²) in [6.45, 7) is 2.46. The van der Waals surface area contributed by atoms with Gasteiger partial charge in [0.05, 0.1) is 5.71 Å². The van der Waals surface area contributed by atoms with Crippen LogP contribution >= 0.6 is 0 Å². The van der Waals surface area contributed by atoms with E-state index >= 15 is 0 Å². The first kappa shape index (κ1) is 14.4. The standard InChI is InChI=1S/C12H25NO2/c1-2-3-4-6-9-12(13-15)10-7-5-8-11-14/h14-15H,2-11H2,1H3. The number of nitrogens with zero attached hydrogens (tertiary/aromatic N) is 1. The van der Waals surface area contributed by atoms with E-state index < -0.39 is 0 Å². The van der Waals surface area contributed by atoms with Gasteiger partial charge in [0.15, 0.2) is 0 Å². The Balaban J connectivity index is 3.39. The van der Waals surface area contributed by atoms with Crippen LogP contribution in [0.25, 0.3) is 0 Å². The molecule has 0 aliphatic heterocycles. The summed E-state index contributed by atoms with van der Waals surface area (Å²) in [5.41, 5.74) is 0.920. The summed E-state index contributed by atoms with van der Waals surface area (Å²) in [5, 5.41) is 20.7.